The molecule has 0 aliphatic carbocycles. The van der Waals surface area contributed by atoms with Gasteiger partial charge >= 0.3 is 0 Å². The number of hydrogen-bond acceptors (Lipinski definition) is 4. The number of nitrogens with two attached hydrogens (primary N) is 1. The monoisotopic (exact) mass is 478 g/mol. The van der Waals surface area contributed by atoms with Crippen molar-refractivity contribution in [2.75, 3.05) is 18.2 Å². The molecule has 1 heterocycles. The number of aryl methyl sites for hydroxylation is 1. The highest BCUT2D eigenvalue weighted by Gasteiger charge is 2.12. The van der Waals surface area contributed by atoms with Gasteiger partial charge in [-0.2, -0.15) is 0 Å². The van der Waals surface area contributed by atoms with Gasteiger partial charge in [0.2, 0.25) is 5.95 Å². The number of benzene rings is 3. The molecule has 0 radical (unpaired) electrons. The summed E-state index contributed by atoms with van der Waals surface area (Å²) in [5.74, 6) is 1.11. The zero-order valence-corrected chi connectivity index (χ0v) is 20.4. The van der Waals surface area contributed by atoms with E-state index in [9.17, 15) is 4.79 Å². The van der Waals surface area contributed by atoms with E-state index in [0.717, 1.165) is 28.8 Å². The molecular weight excluding hydrogens is 448 g/mol. The molecule has 0 bridgehead atoms. The van der Waals surface area contributed by atoms with Crippen LogP contribution in [0, 0.1) is 0 Å². The van der Waals surface area contributed by atoms with Crippen molar-refractivity contribution < 1.29 is 9.53 Å². The fourth-order valence-corrected chi connectivity index (χ4v) is 3.91. The second kappa shape index (κ2) is 11.6. The number of unbranched alkanes of at least 4 members (excludes halogenated alkanes) is 2. The van der Waals surface area contributed by atoms with Crippen LogP contribution < -0.4 is 15.8 Å². The van der Waals surface area contributed by atoms with Crippen LogP contribution in [0.1, 0.15) is 47.7 Å². The van der Waals surface area contributed by atoms with E-state index < -0.39 is 0 Å². The van der Waals surface area contributed by atoms with Gasteiger partial charge < -0.3 is 20.4 Å². The van der Waals surface area contributed by atoms with Crippen LogP contribution in [-0.4, -0.2) is 22.6 Å². The Kier molecular flexibility index (Phi) is 8.55. The number of halogens is 1. The number of carbonyl (C=O) groups is 1. The van der Waals surface area contributed by atoms with Crippen LogP contribution >= 0.6 is 12.4 Å². The normalized spacial score (nSPS) is 10.6. The summed E-state index contributed by atoms with van der Waals surface area (Å²) >= 11 is 0. The summed E-state index contributed by atoms with van der Waals surface area (Å²) < 4.78 is 7.18. The zero-order valence-electron chi connectivity index (χ0n) is 19.6. The first kappa shape index (κ1) is 25.1. The average Bonchev–Trinajstić information content (AvgIpc) is 3.14. The van der Waals surface area contributed by atoms with Gasteiger partial charge in [-0.3, -0.25) is 4.79 Å². The van der Waals surface area contributed by atoms with Gasteiger partial charge in [-0.1, -0.05) is 44.0 Å². The lowest BCUT2D eigenvalue weighted by atomic mass is 10.1. The molecule has 4 rings (SSSR count). The molecule has 0 unspecified atom stereocenters. The Balaban J connectivity index is 0.00000324. The van der Waals surface area contributed by atoms with E-state index in [4.69, 9.17) is 10.5 Å². The lowest BCUT2D eigenvalue weighted by Gasteiger charge is -2.09. The molecule has 4 aromatic rings. The highest BCUT2D eigenvalue weighted by molar-refractivity contribution is 6.05. The van der Waals surface area contributed by atoms with E-state index in [1.165, 1.54) is 24.8 Å². The van der Waals surface area contributed by atoms with Gasteiger partial charge in [-0.25, -0.2) is 4.98 Å². The van der Waals surface area contributed by atoms with Crippen molar-refractivity contribution in [1.82, 2.24) is 9.55 Å². The van der Waals surface area contributed by atoms with E-state index >= 15 is 0 Å². The number of aromatic nitrogens is 2. The van der Waals surface area contributed by atoms with Crippen molar-refractivity contribution in [2.45, 2.75) is 39.2 Å². The molecule has 6 nitrogen and oxygen atoms in total. The number of imidazole rings is 1. The number of fused-ring (bicyclic) bond motifs is 1. The minimum atomic E-state index is -0.139. The van der Waals surface area contributed by atoms with Gasteiger partial charge in [0, 0.05) is 11.3 Å². The number of rotatable bonds is 9. The second-order valence-corrected chi connectivity index (χ2v) is 8.22. The van der Waals surface area contributed by atoms with Crippen LogP contribution in [-0.2, 0) is 13.0 Å². The third kappa shape index (κ3) is 5.88. The van der Waals surface area contributed by atoms with E-state index in [0.29, 0.717) is 23.7 Å². The third-order valence-corrected chi connectivity index (χ3v) is 5.82. The van der Waals surface area contributed by atoms with E-state index in [1.807, 2.05) is 71.3 Å². The van der Waals surface area contributed by atoms with Crippen molar-refractivity contribution in [3.05, 3.63) is 83.4 Å². The molecule has 0 saturated carbocycles. The summed E-state index contributed by atoms with van der Waals surface area (Å²) in [6.07, 6.45) is 4.66. The largest absolute Gasteiger partial charge is 0.497 e. The van der Waals surface area contributed by atoms with Gasteiger partial charge in [0.25, 0.3) is 5.91 Å². The van der Waals surface area contributed by atoms with Crippen LogP contribution in [0.3, 0.4) is 0 Å². The maximum absolute atomic E-state index is 12.7. The summed E-state index contributed by atoms with van der Waals surface area (Å²) in [6, 6.07) is 21.4. The number of nitrogens with zero attached hydrogens (tertiary/aromatic N) is 2. The molecule has 0 aliphatic rings. The average molecular weight is 479 g/mol. The second-order valence-electron chi connectivity index (χ2n) is 8.22. The van der Waals surface area contributed by atoms with E-state index in [1.54, 1.807) is 7.11 Å². The summed E-state index contributed by atoms with van der Waals surface area (Å²) in [5, 5.41) is 2.97. The lowest BCUT2D eigenvalue weighted by Crippen LogP contribution is -2.11. The molecule has 3 aromatic carbocycles. The Labute approximate surface area is 206 Å². The Hall–Kier alpha value is -3.51. The topological polar surface area (TPSA) is 82.2 Å². The number of nitrogens with one attached hydrogen (secondary N) is 1. The minimum Gasteiger partial charge on any atom is -0.497 e. The molecule has 0 atom stereocenters. The molecular formula is C27H31ClN4O2. The van der Waals surface area contributed by atoms with E-state index in [2.05, 4.69) is 17.2 Å². The maximum atomic E-state index is 12.7. The summed E-state index contributed by atoms with van der Waals surface area (Å²) in [6.45, 7) is 2.80. The molecule has 3 N–H and O–H groups in total. The quantitative estimate of drug-likeness (QED) is 0.285. The van der Waals surface area contributed by atoms with Gasteiger partial charge in [0.1, 0.15) is 5.75 Å². The van der Waals surface area contributed by atoms with E-state index in [-0.39, 0.29) is 18.3 Å². The Bertz CT molecular complexity index is 1230. The van der Waals surface area contributed by atoms with Crippen LogP contribution in [0.25, 0.3) is 11.0 Å². The Morgan fingerprint density at radius 1 is 1.00 bits per heavy atom. The van der Waals surface area contributed by atoms with Crippen molar-refractivity contribution in [3.63, 3.8) is 0 Å². The van der Waals surface area contributed by atoms with Crippen LogP contribution in [0.5, 0.6) is 5.75 Å². The predicted molar refractivity (Wildman–Crippen MR) is 141 cm³/mol. The summed E-state index contributed by atoms with van der Waals surface area (Å²) in [7, 11) is 1.65. The Morgan fingerprint density at radius 3 is 2.38 bits per heavy atom. The van der Waals surface area contributed by atoms with Crippen molar-refractivity contribution >= 4 is 41.0 Å². The maximum Gasteiger partial charge on any atom is 0.255 e. The number of nitrogen functional groups attached to an aromatic ring is 1. The number of amides is 1. The highest BCUT2D eigenvalue weighted by Crippen LogP contribution is 2.24. The first-order valence-electron chi connectivity index (χ1n) is 11.4. The predicted octanol–water partition coefficient (Wildman–Crippen LogP) is 6.08. The molecule has 1 amide bonds. The van der Waals surface area contributed by atoms with Gasteiger partial charge in [-0.05, 0) is 66.4 Å². The summed E-state index contributed by atoms with van der Waals surface area (Å²) in [4.78, 5) is 17.2. The Morgan fingerprint density at radius 2 is 1.71 bits per heavy atom. The van der Waals surface area contributed by atoms with Gasteiger partial charge in [0.15, 0.2) is 0 Å². The molecule has 1 aromatic heterocycles. The number of anilines is 2. The number of ether oxygens (including phenoxy) is 1. The molecule has 178 valence electrons. The first-order valence-corrected chi connectivity index (χ1v) is 11.4. The smallest absolute Gasteiger partial charge is 0.255 e. The van der Waals surface area contributed by atoms with Crippen molar-refractivity contribution in [2.24, 2.45) is 0 Å². The molecule has 34 heavy (non-hydrogen) atoms. The van der Waals surface area contributed by atoms with Crippen molar-refractivity contribution in [1.29, 1.82) is 0 Å². The summed E-state index contributed by atoms with van der Waals surface area (Å²) in [5.41, 5.74) is 11.5. The lowest BCUT2D eigenvalue weighted by molar-refractivity contribution is 0.102. The minimum absolute atomic E-state index is 0. The van der Waals surface area contributed by atoms with Crippen LogP contribution in [0.2, 0.25) is 0 Å². The number of carbonyl (C=O) groups excluding carboxylic acids is 1. The number of methoxy groups -OCH3 is 1. The molecule has 0 fully saturated rings. The molecule has 7 heteroatoms. The van der Waals surface area contributed by atoms with Crippen molar-refractivity contribution in [3.8, 4) is 5.75 Å². The molecule has 0 aliphatic heterocycles. The van der Waals surface area contributed by atoms with Crippen LogP contribution in [0.15, 0.2) is 66.7 Å². The van der Waals surface area contributed by atoms with Crippen LogP contribution in [0.4, 0.5) is 11.6 Å². The molecule has 0 saturated heterocycles. The van der Waals surface area contributed by atoms with Gasteiger partial charge in [-0.15, -0.1) is 12.4 Å². The number of hydrogen-bond donors (Lipinski definition) is 2. The molecule has 0 spiro atoms. The SMILES string of the molecule is CCCCCc1ccc(C(=O)Nc2ccc3c(c2)nc(N)n3Cc2ccc(OC)cc2)cc1.Cl. The highest BCUT2D eigenvalue weighted by atomic mass is 35.5. The fraction of sp³-hybridized carbons (Fsp3) is 0.259. The standard InChI is InChI=1S/C27H30N4O2.ClH/c1-3-4-5-6-19-7-11-21(12-8-19)26(32)29-22-13-16-25-24(17-22)30-27(28)31(25)18-20-9-14-23(33-2)15-10-20;/h7-17H,3-6,18H2,1-2H3,(H2,28,30)(H,29,32);1H. The zero-order chi connectivity index (χ0) is 23.2. The third-order valence-electron chi connectivity index (χ3n) is 5.82. The van der Waals surface area contributed by atoms with Gasteiger partial charge in [0.05, 0.1) is 24.7 Å². The fourth-order valence-electron chi connectivity index (χ4n) is 3.91. The first-order chi connectivity index (χ1) is 16.1.